The number of fused-ring (bicyclic) bond motifs is 1. The van der Waals surface area contributed by atoms with E-state index in [9.17, 15) is 9.18 Å². The standard InChI is InChI=1S/C20H22FN3O/c1-3-9-22-20(25)12-16(15-6-4-5-7-17(15)21)18-13-23-19-11-14(2)8-10-24(18)19/h4-8,10-11,13,16H,3,9,12H2,1-2H3,(H,22,25). The fourth-order valence-corrected chi connectivity index (χ4v) is 3.01. The first-order chi connectivity index (χ1) is 12.1. The summed E-state index contributed by atoms with van der Waals surface area (Å²) in [5.74, 6) is -0.786. The van der Waals surface area contributed by atoms with E-state index in [1.807, 2.05) is 36.6 Å². The predicted molar refractivity (Wildman–Crippen MR) is 96.1 cm³/mol. The van der Waals surface area contributed by atoms with Gasteiger partial charge >= 0.3 is 0 Å². The molecule has 2 heterocycles. The van der Waals surface area contributed by atoms with Gasteiger partial charge in [0.05, 0.1) is 5.69 Å². The van der Waals surface area contributed by atoms with Crippen LogP contribution in [-0.2, 0) is 4.79 Å². The fraction of sp³-hybridized carbons (Fsp3) is 0.300. The number of nitrogens with one attached hydrogen (secondary N) is 1. The number of rotatable bonds is 6. The van der Waals surface area contributed by atoms with Crippen LogP contribution in [0, 0.1) is 12.7 Å². The van der Waals surface area contributed by atoms with Crippen molar-refractivity contribution in [3.05, 3.63) is 71.4 Å². The van der Waals surface area contributed by atoms with Crippen LogP contribution in [0.15, 0.2) is 48.8 Å². The molecule has 0 saturated heterocycles. The molecule has 3 rings (SSSR count). The van der Waals surface area contributed by atoms with Crippen molar-refractivity contribution < 1.29 is 9.18 Å². The summed E-state index contributed by atoms with van der Waals surface area (Å²) < 4.78 is 16.4. The number of nitrogens with zero attached hydrogens (tertiary/aromatic N) is 2. The molecule has 1 amide bonds. The summed E-state index contributed by atoms with van der Waals surface area (Å²) >= 11 is 0. The van der Waals surface area contributed by atoms with Crippen LogP contribution in [0.25, 0.3) is 5.65 Å². The van der Waals surface area contributed by atoms with Crippen molar-refractivity contribution in [2.24, 2.45) is 0 Å². The molecule has 25 heavy (non-hydrogen) atoms. The van der Waals surface area contributed by atoms with E-state index in [4.69, 9.17) is 0 Å². The van der Waals surface area contributed by atoms with E-state index in [1.54, 1.807) is 24.4 Å². The van der Waals surface area contributed by atoms with Crippen LogP contribution >= 0.6 is 0 Å². The molecule has 0 aliphatic heterocycles. The Morgan fingerprint density at radius 2 is 2.12 bits per heavy atom. The van der Waals surface area contributed by atoms with E-state index in [1.165, 1.54) is 6.07 Å². The molecule has 130 valence electrons. The second-order valence-corrected chi connectivity index (χ2v) is 6.24. The number of amides is 1. The molecule has 2 aromatic heterocycles. The molecule has 1 aromatic carbocycles. The minimum absolute atomic E-state index is 0.0860. The number of imidazole rings is 1. The van der Waals surface area contributed by atoms with Gasteiger partial charge < -0.3 is 9.72 Å². The predicted octanol–water partition coefficient (Wildman–Crippen LogP) is 3.83. The fourth-order valence-electron chi connectivity index (χ4n) is 3.01. The Balaban J connectivity index is 2.03. The molecule has 0 aliphatic rings. The van der Waals surface area contributed by atoms with E-state index in [2.05, 4.69) is 10.3 Å². The average molecular weight is 339 g/mol. The molecule has 3 aromatic rings. The number of hydrogen-bond acceptors (Lipinski definition) is 2. The van der Waals surface area contributed by atoms with Crippen molar-refractivity contribution in [2.75, 3.05) is 6.54 Å². The number of hydrogen-bond donors (Lipinski definition) is 1. The minimum Gasteiger partial charge on any atom is -0.356 e. The lowest BCUT2D eigenvalue weighted by atomic mass is 9.92. The maximum Gasteiger partial charge on any atom is 0.221 e. The Bertz CT molecular complexity index is 888. The average Bonchev–Trinajstić information content (AvgIpc) is 3.01. The summed E-state index contributed by atoms with van der Waals surface area (Å²) in [4.78, 5) is 16.8. The van der Waals surface area contributed by atoms with Gasteiger partial charge in [-0.15, -0.1) is 0 Å². The quantitative estimate of drug-likeness (QED) is 0.742. The van der Waals surface area contributed by atoms with Gasteiger partial charge in [-0.25, -0.2) is 9.37 Å². The van der Waals surface area contributed by atoms with Crippen molar-refractivity contribution in [1.82, 2.24) is 14.7 Å². The zero-order valence-corrected chi connectivity index (χ0v) is 14.5. The third-order valence-corrected chi connectivity index (χ3v) is 4.30. The molecule has 0 saturated carbocycles. The number of aromatic nitrogens is 2. The van der Waals surface area contributed by atoms with Crippen LogP contribution in [0.1, 0.15) is 42.5 Å². The van der Waals surface area contributed by atoms with Gasteiger partial charge in [0.15, 0.2) is 0 Å². The lowest BCUT2D eigenvalue weighted by Gasteiger charge is -2.18. The third-order valence-electron chi connectivity index (χ3n) is 4.30. The van der Waals surface area contributed by atoms with Gasteiger partial charge in [-0.05, 0) is 42.7 Å². The summed E-state index contributed by atoms with van der Waals surface area (Å²) in [6.07, 6.45) is 4.71. The van der Waals surface area contributed by atoms with Crippen molar-refractivity contribution in [3.63, 3.8) is 0 Å². The van der Waals surface area contributed by atoms with Crippen molar-refractivity contribution >= 4 is 11.6 Å². The summed E-state index contributed by atoms with van der Waals surface area (Å²) in [6.45, 7) is 4.62. The number of carbonyl (C=O) groups is 1. The number of aryl methyl sites for hydroxylation is 1. The van der Waals surface area contributed by atoms with Crippen LogP contribution in [-0.4, -0.2) is 21.8 Å². The highest BCUT2D eigenvalue weighted by molar-refractivity contribution is 5.77. The molecule has 1 atom stereocenters. The molecule has 0 radical (unpaired) electrons. The summed E-state index contributed by atoms with van der Waals surface area (Å²) in [5, 5.41) is 2.88. The van der Waals surface area contributed by atoms with Crippen LogP contribution in [0.3, 0.4) is 0 Å². The van der Waals surface area contributed by atoms with E-state index in [0.717, 1.165) is 23.3 Å². The Labute approximate surface area is 146 Å². The van der Waals surface area contributed by atoms with E-state index in [-0.39, 0.29) is 18.1 Å². The molecule has 4 nitrogen and oxygen atoms in total. The molecule has 1 unspecified atom stereocenters. The van der Waals surface area contributed by atoms with Crippen molar-refractivity contribution in [2.45, 2.75) is 32.6 Å². The third kappa shape index (κ3) is 3.71. The number of benzene rings is 1. The van der Waals surface area contributed by atoms with Crippen molar-refractivity contribution in [1.29, 1.82) is 0 Å². The molecule has 0 spiro atoms. The first kappa shape index (κ1) is 17.1. The summed E-state index contributed by atoms with van der Waals surface area (Å²) in [7, 11) is 0. The zero-order valence-electron chi connectivity index (χ0n) is 14.5. The lowest BCUT2D eigenvalue weighted by Crippen LogP contribution is -2.26. The van der Waals surface area contributed by atoms with Crippen LogP contribution < -0.4 is 5.32 Å². The van der Waals surface area contributed by atoms with Crippen LogP contribution in [0.5, 0.6) is 0 Å². The zero-order chi connectivity index (χ0) is 17.8. The molecule has 1 N–H and O–H groups in total. The number of pyridine rings is 1. The normalized spacial score (nSPS) is 12.3. The molecular formula is C20H22FN3O. The largest absolute Gasteiger partial charge is 0.356 e. The summed E-state index contributed by atoms with van der Waals surface area (Å²) in [6, 6.07) is 10.6. The molecule has 0 fully saturated rings. The Morgan fingerprint density at radius 1 is 1.32 bits per heavy atom. The Morgan fingerprint density at radius 3 is 2.88 bits per heavy atom. The first-order valence-electron chi connectivity index (χ1n) is 8.55. The van der Waals surface area contributed by atoms with Gasteiger partial charge in [-0.1, -0.05) is 25.1 Å². The molecule has 0 aliphatic carbocycles. The highest BCUT2D eigenvalue weighted by atomic mass is 19.1. The van der Waals surface area contributed by atoms with Gasteiger partial charge in [0, 0.05) is 31.3 Å². The van der Waals surface area contributed by atoms with Gasteiger partial charge in [0.2, 0.25) is 5.91 Å². The van der Waals surface area contributed by atoms with Crippen LogP contribution in [0.2, 0.25) is 0 Å². The highest BCUT2D eigenvalue weighted by Gasteiger charge is 2.24. The van der Waals surface area contributed by atoms with Gasteiger partial charge in [-0.3, -0.25) is 4.79 Å². The second kappa shape index (κ2) is 7.47. The monoisotopic (exact) mass is 339 g/mol. The van der Waals surface area contributed by atoms with Gasteiger partial charge in [0.25, 0.3) is 0 Å². The molecule has 0 bridgehead atoms. The van der Waals surface area contributed by atoms with Crippen molar-refractivity contribution in [3.8, 4) is 0 Å². The van der Waals surface area contributed by atoms with Gasteiger partial charge in [0.1, 0.15) is 11.5 Å². The smallest absolute Gasteiger partial charge is 0.221 e. The topological polar surface area (TPSA) is 46.4 Å². The van der Waals surface area contributed by atoms with E-state index < -0.39 is 5.92 Å². The van der Waals surface area contributed by atoms with Crippen LogP contribution in [0.4, 0.5) is 4.39 Å². The van der Waals surface area contributed by atoms with Gasteiger partial charge in [-0.2, -0.15) is 0 Å². The number of halogens is 1. The first-order valence-corrected chi connectivity index (χ1v) is 8.55. The maximum absolute atomic E-state index is 14.4. The lowest BCUT2D eigenvalue weighted by molar-refractivity contribution is -0.121. The summed E-state index contributed by atoms with van der Waals surface area (Å²) in [5.41, 5.74) is 3.22. The van der Waals surface area contributed by atoms with E-state index in [0.29, 0.717) is 12.1 Å². The Kier molecular flexibility index (Phi) is 5.12. The second-order valence-electron chi connectivity index (χ2n) is 6.24. The highest BCUT2D eigenvalue weighted by Crippen LogP contribution is 2.30. The number of carbonyl (C=O) groups excluding carboxylic acids is 1. The minimum atomic E-state index is -0.393. The SMILES string of the molecule is CCCNC(=O)CC(c1ccccc1F)c1cnc2cc(C)ccn12. The molecular weight excluding hydrogens is 317 g/mol. The van der Waals surface area contributed by atoms with E-state index >= 15 is 0 Å². The Hall–Kier alpha value is -2.69. The molecule has 5 heteroatoms. The maximum atomic E-state index is 14.4.